The van der Waals surface area contributed by atoms with Crippen LogP contribution in [0.5, 0.6) is 11.5 Å². The Morgan fingerprint density at radius 3 is 2.35 bits per heavy atom. The summed E-state index contributed by atoms with van der Waals surface area (Å²) in [4.78, 5) is 24.9. The predicted molar refractivity (Wildman–Crippen MR) is 115 cm³/mol. The highest BCUT2D eigenvalue weighted by atomic mass is 35.5. The molecule has 4 rings (SSSR count). The number of hydrogen-bond donors (Lipinski definition) is 0. The molecule has 0 bridgehead atoms. The number of benzene rings is 2. The minimum absolute atomic E-state index is 0.152. The van der Waals surface area contributed by atoms with Gasteiger partial charge in [0.2, 0.25) is 0 Å². The number of methoxy groups -OCH3 is 1. The van der Waals surface area contributed by atoms with Gasteiger partial charge in [-0.3, -0.25) is 0 Å². The lowest BCUT2D eigenvalue weighted by molar-refractivity contribution is -0.232. The van der Waals surface area contributed by atoms with Gasteiger partial charge in [0.15, 0.2) is 11.5 Å². The Balaban J connectivity index is 1.51. The van der Waals surface area contributed by atoms with Gasteiger partial charge in [0.05, 0.1) is 7.11 Å². The van der Waals surface area contributed by atoms with Gasteiger partial charge in [0.25, 0.3) is 5.79 Å². The molecule has 1 aliphatic heterocycles. The molecule has 0 unspecified atom stereocenters. The van der Waals surface area contributed by atoms with Crippen LogP contribution in [-0.4, -0.2) is 24.8 Å². The van der Waals surface area contributed by atoms with Crippen molar-refractivity contribution in [1.82, 2.24) is 0 Å². The van der Waals surface area contributed by atoms with Gasteiger partial charge in [-0.25, -0.2) is 9.59 Å². The molecule has 2 aromatic carbocycles. The van der Waals surface area contributed by atoms with Gasteiger partial charge in [-0.05, 0) is 48.7 Å². The minimum atomic E-state index is -1.09. The van der Waals surface area contributed by atoms with E-state index in [1.165, 1.54) is 13.2 Å². The van der Waals surface area contributed by atoms with Crippen LogP contribution in [0.25, 0.3) is 6.08 Å². The summed E-state index contributed by atoms with van der Waals surface area (Å²) in [5, 5.41) is 1.05. The lowest BCUT2D eigenvalue weighted by Crippen LogP contribution is -2.44. The molecule has 2 aromatic rings. The monoisotopic (exact) mass is 462 g/mol. The quantitative estimate of drug-likeness (QED) is 0.339. The second-order valence-electron chi connectivity index (χ2n) is 7.39. The summed E-state index contributed by atoms with van der Waals surface area (Å²) >= 11 is 12.1. The van der Waals surface area contributed by atoms with Crippen molar-refractivity contribution in [3.05, 3.63) is 63.1 Å². The highest BCUT2D eigenvalue weighted by Gasteiger charge is 2.47. The van der Waals surface area contributed by atoms with E-state index in [1.54, 1.807) is 36.4 Å². The van der Waals surface area contributed by atoms with E-state index in [0.717, 1.165) is 18.4 Å². The SMILES string of the molecule is COc1cc(C=C2C(=O)OC3(CCCC3)OC2=O)ccc1OCc1ccc(Cl)cc1Cl. The normalized spacial score (nSPS) is 17.3. The van der Waals surface area contributed by atoms with Crippen LogP contribution < -0.4 is 9.47 Å². The van der Waals surface area contributed by atoms with Crippen molar-refractivity contribution < 1.29 is 28.5 Å². The highest BCUT2D eigenvalue weighted by molar-refractivity contribution is 6.35. The topological polar surface area (TPSA) is 71.1 Å². The molecule has 1 heterocycles. The molecule has 6 nitrogen and oxygen atoms in total. The Morgan fingerprint density at radius 1 is 1.00 bits per heavy atom. The first-order valence-corrected chi connectivity index (χ1v) is 10.6. The molecule has 162 valence electrons. The smallest absolute Gasteiger partial charge is 0.348 e. The molecule has 0 atom stereocenters. The number of carbonyl (C=O) groups is 2. The Morgan fingerprint density at radius 2 is 1.71 bits per heavy atom. The molecule has 1 saturated heterocycles. The third-order valence-electron chi connectivity index (χ3n) is 5.26. The number of carbonyl (C=O) groups excluding carboxylic acids is 2. The van der Waals surface area contributed by atoms with Gasteiger partial charge in [-0.2, -0.15) is 0 Å². The summed E-state index contributed by atoms with van der Waals surface area (Å²) < 4.78 is 22.1. The molecule has 0 amide bonds. The largest absolute Gasteiger partial charge is 0.493 e. The fraction of sp³-hybridized carbons (Fsp3) is 0.304. The number of rotatable bonds is 5. The van der Waals surface area contributed by atoms with E-state index >= 15 is 0 Å². The number of hydrogen-bond acceptors (Lipinski definition) is 6. The van der Waals surface area contributed by atoms with Crippen LogP contribution in [0.15, 0.2) is 42.0 Å². The van der Waals surface area contributed by atoms with E-state index in [1.807, 2.05) is 0 Å². The van der Waals surface area contributed by atoms with Crippen molar-refractivity contribution in [2.45, 2.75) is 38.1 Å². The summed E-state index contributed by atoms with van der Waals surface area (Å²) in [5.74, 6) is -1.52. The first-order valence-electron chi connectivity index (χ1n) is 9.82. The van der Waals surface area contributed by atoms with Gasteiger partial charge in [0.1, 0.15) is 12.2 Å². The van der Waals surface area contributed by atoms with Gasteiger partial charge < -0.3 is 18.9 Å². The molecular weight excluding hydrogens is 443 g/mol. The van der Waals surface area contributed by atoms with Crippen LogP contribution in [-0.2, 0) is 25.7 Å². The first-order chi connectivity index (χ1) is 14.9. The van der Waals surface area contributed by atoms with E-state index in [9.17, 15) is 9.59 Å². The van der Waals surface area contributed by atoms with Crippen LogP contribution in [0.4, 0.5) is 0 Å². The molecule has 8 heteroatoms. The maximum absolute atomic E-state index is 12.4. The van der Waals surface area contributed by atoms with Crippen LogP contribution >= 0.6 is 23.2 Å². The van der Waals surface area contributed by atoms with Crippen molar-refractivity contribution in [1.29, 1.82) is 0 Å². The average molecular weight is 463 g/mol. The Kier molecular flexibility index (Phi) is 6.12. The zero-order chi connectivity index (χ0) is 22.0. The van der Waals surface area contributed by atoms with Crippen LogP contribution in [0.3, 0.4) is 0 Å². The zero-order valence-electron chi connectivity index (χ0n) is 16.8. The molecule has 0 N–H and O–H groups in total. The molecule has 1 aliphatic carbocycles. The lowest BCUT2D eigenvalue weighted by Gasteiger charge is -2.32. The molecular formula is C23H20Cl2O6. The summed E-state index contributed by atoms with van der Waals surface area (Å²) in [5.41, 5.74) is 1.19. The molecule has 2 aliphatic rings. The number of halogens is 2. The fourth-order valence-electron chi connectivity index (χ4n) is 3.64. The Labute approximate surface area is 189 Å². The molecule has 0 radical (unpaired) electrons. The van der Waals surface area contributed by atoms with Gasteiger partial charge >= 0.3 is 11.9 Å². The van der Waals surface area contributed by atoms with Crippen molar-refractivity contribution in [2.75, 3.05) is 7.11 Å². The maximum Gasteiger partial charge on any atom is 0.348 e. The van der Waals surface area contributed by atoms with E-state index in [4.69, 9.17) is 42.1 Å². The summed E-state index contributed by atoms with van der Waals surface area (Å²) in [7, 11) is 1.50. The summed E-state index contributed by atoms with van der Waals surface area (Å²) in [6, 6.07) is 10.2. The summed E-state index contributed by atoms with van der Waals surface area (Å²) in [6.45, 7) is 0.216. The van der Waals surface area contributed by atoms with Gasteiger partial charge in [-0.15, -0.1) is 0 Å². The summed E-state index contributed by atoms with van der Waals surface area (Å²) in [6.07, 6.45) is 4.22. The maximum atomic E-state index is 12.4. The molecule has 1 saturated carbocycles. The molecule has 1 spiro atoms. The van der Waals surface area contributed by atoms with Crippen molar-refractivity contribution in [3.8, 4) is 11.5 Å². The van der Waals surface area contributed by atoms with Gasteiger partial charge in [0, 0.05) is 28.5 Å². The zero-order valence-corrected chi connectivity index (χ0v) is 18.3. The van der Waals surface area contributed by atoms with Crippen molar-refractivity contribution in [2.24, 2.45) is 0 Å². The standard InChI is InChI=1S/C23H20Cl2O6/c1-28-20-11-14(4-7-19(20)29-13-15-5-6-16(24)12-18(15)25)10-17-21(26)30-23(31-22(17)27)8-2-3-9-23/h4-7,10-12H,2-3,8-9,13H2,1H3. The average Bonchev–Trinajstić information content (AvgIpc) is 3.18. The molecule has 0 aromatic heterocycles. The van der Waals surface area contributed by atoms with Crippen molar-refractivity contribution in [3.63, 3.8) is 0 Å². The first kappa shape index (κ1) is 21.5. The molecule has 31 heavy (non-hydrogen) atoms. The predicted octanol–water partition coefficient (Wildman–Crippen LogP) is 5.33. The Bertz CT molecular complexity index is 1030. The second-order valence-corrected chi connectivity index (χ2v) is 8.23. The van der Waals surface area contributed by atoms with E-state index < -0.39 is 17.7 Å². The van der Waals surface area contributed by atoms with Crippen LogP contribution in [0, 0.1) is 0 Å². The van der Waals surface area contributed by atoms with E-state index in [0.29, 0.717) is 39.9 Å². The fourth-order valence-corrected chi connectivity index (χ4v) is 4.10. The van der Waals surface area contributed by atoms with Crippen LogP contribution in [0.1, 0.15) is 36.8 Å². The van der Waals surface area contributed by atoms with E-state index in [-0.39, 0.29) is 12.2 Å². The lowest BCUT2D eigenvalue weighted by atomic mass is 10.1. The third kappa shape index (κ3) is 4.65. The third-order valence-corrected chi connectivity index (χ3v) is 5.85. The second kappa shape index (κ2) is 8.81. The van der Waals surface area contributed by atoms with Crippen molar-refractivity contribution >= 4 is 41.2 Å². The number of ether oxygens (including phenoxy) is 4. The van der Waals surface area contributed by atoms with E-state index in [2.05, 4.69) is 0 Å². The molecule has 2 fully saturated rings. The Hall–Kier alpha value is -2.70. The number of esters is 2. The highest BCUT2D eigenvalue weighted by Crippen LogP contribution is 2.39. The van der Waals surface area contributed by atoms with Crippen LogP contribution in [0.2, 0.25) is 10.0 Å². The minimum Gasteiger partial charge on any atom is -0.493 e. The van der Waals surface area contributed by atoms with Gasteiger partial charge in [-0.1, -0.05) is 35.3 Å².